The van der Waals surface area contributed by atoms with Crippen LogP contribution < -0.4 is 5.32 Å². The topological polar surface area (TPSA) is 29.1 Å². The van der Waals surface area contributed by atoms with Gasteiger partial charge in [-0.2, -0.15) is 0 Å². The van der Waals surface area contributed by atoms with Gasteiger partial charge >= 0.3 is 0 Å². The van der Waals surface area contributed by atoms with E-state index in [1.807, 2.05) is 24.3 Å². The number of carbonyl (C=O) groups is 1. The van der Waals surface area contributed by atoms with Crippen molar-refractivity contribution in [3.8, 4) is 0 Å². The summed E-state index contributed by atoms with van der Waals surface area (Å²) in [6.07, 6.45) is 3.47. The van der Waals surface area contributed by atoms with E-state index in [0.29, 0.717) is 11.6 Å². The van der Waals surface area contributed by atoms with Crippen LogP contribution in [0, 0.1) is 5.82 Å². The highest BCUT2D eigenvalue weighted by Gasteiger charge is 2.42. The van der Waals surface area contributed by atoms with E-state index >= 15 is 0 Å². The average molecular weight is 332 g/mol. The van der Waals surface area contributed by atoms with E-state index in [1.165, 1.54) is 12.1 Å². The number of hydrogen-bond donors (Lipinski definition) is 1. The maximum absolute atomic E-state index is 13.6. The standard InChI is InChI=1S/C19H19ClFNO/c20-17-9-2-1-6-14(17)13-22-18(23)19(10-3-4-11-19)15-7-5-8-16(21)12-15/h1-2,5-9,12H,3-4,10-11,13H2,(H,22,23). The fraction of sp³-hybridized carbons (Fsp3) is 0.316. The van der Waals surface area contributed by atoms with Gasteiger partial charge in [-0.25, -0.2) is 4.39 Å². The van der Waals surface area contributed by atoms with Gasteiger partial charge in [0, 0.05) is 11.6 Å². The first kappa shape index (κ1) is 16.0. The van der Waals surface area contributed by atoms with Crippen LogP contribution in [0.25, 0.3) is 0 Å². The molecule has 1 aliphatic carbocycles. The van der Waals surface area contributed by atoms with Gasteiger partial charge < -0.3 is 5.32 Å². The fourth-order valence-corrected chi connectivity index (χ4v) is 3.60. The molecule has 1 amide bonds. The lowest BCUT2D eigenvalue weighted by Gasteiger charge is -2.28. The Balaban J connectivity index is 1.81. The minimum Gasteiger partial charge on any atom is -0.351 e. The molecule has 120 valence electrons. The molecule has 0 unspecified atom stereocenters. The molecule has 0 heterocycles. The number of amides is 1. The Morgan fingerprint density at radius 2 is 1.87 bits per heavy atom. The van der Waals surface area contributed by atoms with Crippen LogP contribution in [0.4, 0.5) is 4.39 Å². The molecule has 0 saturated heterocycles. The summed E-state index contributed by atoms with van der Waals surface area (Å²) in [6, 6.07) is 13.9. The highest BCUT2D eigenvalue weighted by Crippen LogP contribution is 2.41. The molecule has 2 aromatic carbocycles. The minimum atomic E-state index is -0.622. The summed E-state index contributed by atoms with van der Waals surface area (Å²) >= 11 is 6.14. The predicted molar refractivity (Wildman–Crippen MR) is 89.8 cm³/mol. The molecule has 2 nitrogen and oxygen atoms in total. The highest BCUT2D eigenvalue weighted by molar-refractivity contribution is 6.31. The van der Waals surface area contributed by atoms with Crippen LogP contribution in [0.3, 0.4) is 0 Å². The van der Waals surface area contributed by atoms with Gasteiger partial charge in [-0.1, -0.05) is 54.8 Å². The first-order chi connectivity index (χ1) is 11.1. The predicted octanol–water partition coefficient (Wildman–Crippen LogP) is 4.61. The third-order valence-corrected chi connectivity index (χ3v) is 5.03. The van der Waals surface area contributed by atoms with Crippen molar-refractivity contribution < 1.29 is 9.18 Å². The molecule has 1 fully saturated rings. The molecule has 0 aliphatic heterocycles. The molecule has 1 aliphatic rings. The second-order valence-electron chi connectivity index (χ2n) is 6.07. The van der Waals surface area contributed by atoms with Gasteiger partial charge in [0.05, 0.1) is 5.41 Å². The molecule has 3 rings (SSSR count). The molecule has 0 spiro atoms. The number of carbonyl (C=O) groups excluding carboxylic acids is 1. The molecular formula is C19H19ClFNO. The molecule has 0 radical (unpaired) electrons. The quantitative estimate of drug-likeness (QED) is 0.871. The lowest BCUT2D eigenvalue weighted by molar-refractivity contribution is -0.126. The van der Waals surface area contributed by atoms with E-state index < -0.39 is 5.41 Å². The van der Waals surface area contributed by atoms with Crippen molar-refractivity contribution in [2.24, 2.45) is 0 Å². The highest BCUT2D eigenvalue weighted by atomic mass is 35.5. The van der Waals surface area contributed by atoms with Gasteiger partial charge in [-0.15, -0.1) is 0 Å². The SMILES string of the molecule is O=C(NCc1ccccc1Cl)C1(c2cccc(F)c2)CCCC1. The number of nitrogens with one attached hydrogen (secondary N) is 1. The fourth-order valence-electron chi connectivity index (χ4n) is 3.40. The van der Waals surface area contributed by atoms with Gasteiger partial charge in [-0.05, 0) is 42.2 Å². The van der Waals surface area contributed by atoms with Crippen LogP contribution in [0.5, 0.6) is 0 Å². The van der Waals surface area contributed by atoms with E-state index in [4.69, 9.17) is 11.6 Å². The van der Waals surface area contributed by atoms with Crippen molar-refractivity contribution in [1.29, 1.82) is 0 Å². The second kappa shape index (κ2) is 6.71. The summed E-state index contributed by atoms with van der Waals surface area (Å²) in [5.74, 6) is -0.340. The van der Waals surface area contributed by atoms with Crippen molar-refractivity contribution in [2.75, 3.05) is 0 Å². The average Bonchev–Trinajstić information content (AvgIpc) is 3.05. The Bertz CT molecular complexity index is 710. The number of halogens is 2. The van der Waals surface area contributed by atoms with Crippen LogP contribution in [-0.2, 0) is 16.8 Å². The molecular weight excluding hydrogens is 313 g/mol. The van der Waals surface area contributed by atoms with Gasteiger partial charge in [0.1, 0.15) is 5.82 Å². The van der Waals surface area contributed by atoms with E-state index in [-0.39, 0.29) is 11.7 Å². The van der Waals surface area contributed by atoms with Crippen LogP contribution >= 0.6 is 11.6 Å². The Hall–Kier alpha value is -1.87. The van der Waals surface area contributed by atoms with Gasteiger partial charge in [0.15, 0.2) is 0 Å². The lowest BCUT2D eigenvalue weighted by Crippen LogP contribution is -2.42. The summed E-state index contributed by atoms with van der Waals surface area (Å²) in [7, 11) is 0. The van der Waals surface area contributed by atoms with Crippen LogP contribution in [0.15, 0.2) is 48.5 Å². The first-order valence-electron chi connectivity index (χ1n) is 7.90. The van der Waals surface area contributed by atoms with Crippen LogP contribution in [0.1, 0.15) is 36.8 Å². The number of hydrogen-bond acceptors (Lipinski definition) is 1. The third-order valence-electron chi connectivity index (χ3n) is 4.67. The van der Waals surface area contributed by atoms with Gasteiger partial charge in [-0.3, -0.25) is 4.79 Å². The van der Waals surface area contributed by atoms with Crippen molar-refractivity contribution in [3.63, 3.8) is 0 Å². The zero-order chi connectivity index (χ0) is 16.3. The Kier molecular flexibility index (Phi) is 4.67. The molecule has 0 aromatic heterocycles. The van der Waals surface area contributed by atoms with E-state index in [9.17, 15) is 9.18 Å². The summed E-state index contributed by atoms with van der Waals surface area (Å²) in [5, 5.41) is 3.63. The monoisotopic (exact) mass is 331 g/mol. The maximum atomic E-state index is 13.6. The Labute approximate surface area is 140 Å². The first-order valence-corrected chi connectivity index (χ1v) is 8.27. The smallest absolute Gasteiger partial charge is 0.230 e. The second-order valence-corrected chi connectivity index (χ2v) is 6.48. The zero-order valence-corrected chi connectivity index (χ0v) is 13.6. The number of rotatable bonds is 4. The molecule has 0 atom stereocenters. The van der Waals surface area contributed by atoms with Gasteiger partial charge in [0.25, 0.3) is 0 Å². The summed E-state index contributed by atoms with van der Waals surface area (Å²) < 4.78 is 13.6. The van der Waals surface area contributed by atoms with Crippen LogP contribution in [0.2, 0.25) is 5.02 Å². The molecule has 2 aromatic rings. The molecule has 1 saturated carbocycles. The van der Waals surface area contributed by atoms with Crippen molar-refractivity contribution in [2.45, 2.75) is 37.6 Å². The lowest BCUT2D eigenvalue weighted by atomic mass is 9.78. The van der Waals surface area contributed by atoms with E-state index in [2.05, 4.69) is 5.32 Å². The van der Waals surface area contributed by atoms with Crippen molar-refractivity contribution in [3.05, 3.63) is 70.5 Å². The largest absolute Gasteiger partial charge is 0.351 e. The Morgan fingerprint density at radius 3 is 2.57 bits per heavy atom. The molecule has 1 N–H and O–H groups in total. The minimum absolute atomic E-state index is 0.0412. The zero-order valence-electron chi connectivity index (χ0n) is 12.8. The number of benzene rings is 2. The van der Waals surface area contributed by atoms with Gasteiger partial charge in [0.2, 0.25) is 5.91 Å². The van der Waals surface area contributed by atoms with Crippen LogP contribution in [-0.4, -0.2) is 5.91 Å². The normalized spacial score (nSPS) is 16.3. The van der Waals surface area contributed by atoms with E-state index in [1.54, 1.807) is 12.1 Å². The van der Waals surface area contributed by atoms with Crippen molar-refractivity contribution >= 4 is 17.5 Å². The summed E-state index contributed by atoms with van der Waals surface area (Å²) in [5.41, 5.74) is 1.03. The maximum Gasteiger partial charge on any atom is 0.230 e. The Morgan fingerprint density at radius 1 is 1.13 bits per heavy atom. The third kappa shape index (κ3) is 3.25. The van der Waals surface area contributed by atoms with Crippen molar-refractivity contribution in [1.82, 2.24) is 5.32 Å². The molecule has 23 heavy (non-hydrogen) atoms. The molecule has 0 bridgehead atoms. The van der Waals surface area contributed by atoms with E-state index in [0.717, 1.165) is 36.8 Å². The summed E-state index contributed by atoms with van der Waals surface area (Å²) in [4.78, 5) is 12.9. The summed E-state index contributed by atoms with van der Waals surface area (Å²) in [6.45, 7) is 0.384. The molecule has 4 heteroatoms.